The highest BCUT2D eigenvalue weighted by molar-refractivity contribution is 5.96. The Morgan fingerprint density at radius 2 is 1.83 bits per heavy atom. The maximum atomic E-state index is 12.7. The molecular formula is C32H37N7O2. The third kappa shape index (κ3) is 6.45. The van der Waals surface area contributed by atoms with Gasteiger partial charge in [0.2, 0.25) is 5.91 Å². The van der Waals surface area contributed by atoms with Crippen molar-refractivity contribution >= 4 is 22.6 Å². The summed E-state index contributed by atoms with van der Waals surface area (Å²) in [6.07, 6.45) is 2.57. The summed E-state index contributed by atoms with van der Waals surface area (Å²) in [6, 6.07) is 22.0. The number of amides is 1. The molecule has 1 unspecified atom stereocenters. The smallest absolute Gasteiger partial charge is 0.229 e. The molecule has 212 valence electrons. The summed E-state index contributed by atoms with van der Waals surface area (Å²) in [7, 11) is 0. The van der Waals surface area contributed by atoms with Gasteiger partial charge in [0.05, 0.1) is 11.0 Å². The number of H-pyrrole nitrogens is 1. The number of rotatable bonds is 10. The Kier molecular flexibility index (Phi) is 8.14. The minimum Gasteiger partial charge on any atom is -0.478 e. The van der Waals surface area contributed by atoms with Crippen molar-refractivity contribution in [2.24, 2.45) is 5.41 Å². The Labute approximate surface area is 240 Å². The fourth-order valence-corrected chi connectivity index (χ4v) is 4.71. The van der Waals surface area contributed by atoms with E-state index in [1.54, 1.807) is 0 Å². The third-order valence-corrected chi connectivity index (χ3v) is 7.05. The average molecular weight is 552 g/mol. The number of unbranched alkanes of at least 4 members (excludes halogenated alkanes) is 1. The molecule has 2 heterocycles. The van der Waals surface area contributed by atoms with Crippen molar-refractivity contribution in [3.05, 3.63) is 95.1 Å². The SMILES string of the molecule is CCCCc1nc2c(C)cc(NC(=O)C(C)(C)C)cc2n1Cc1ccc(OC(c2ccccc2)c2nnn[nH]2)cc1. The summed E-state index contributed by atoms with van der Waals surface area (Å²) in [5.74, 6) is 2.28. The van der Waals surface area contributed by atoms with Crippen molar-refractivity contribution in [3.8, 4) is 5.75 Å². The van der Waals surface area contributed by atoms with Gasteiger partial charge in [-0.15, -0.1) is 5.10 Å². The van der Waals surface area contributed by atoms with Crippen LogP contribution in [0.1, 0.15) is 75.0 Å². The number of anilines is 1. The number of nitrogens with one attached hydrogen (secondary N) is 2. The Balaban J connectivity index is 1.43. The van der Waals surface area contributed by atoms with Crippen molar-refractivity contribution in [1.82, 2.24) is 30.2 Å². The van der Waals surface area contributed by atoms with Crippen molar-refractivity contribution in [3.63, 3.8) is 0 Å². The van der Waals surface area contributed by atoms with Crippen LogP contribution in [0.4, 0.5) is 5.69 Å². The van der Waals surface area contributed by atoms with E-state index in [1.165, 1.54) is 0 Å². The lowest BCUT2D eigenvalue weighted by molar-refractivity contribution is -0.123. The quantitative estimate of drug-likeness (QED) is 0.208. The molecule has 0 bridgehead atoms. The number of hydrogen-bond donors (Lipinski definition) is 2. The average Bonchev–Trinajstić information content (AvgIpc) is 3.60. The number of aromatic nitrogens is 6. The van der Waals surface area contributed by atoms with E-state index in [1.807, 2.05) is 75.4 Å². The number of fused-ring (bicyclic) bond motifs is 1. The lowest BCUT2D eigenvalue weighted by Gasteiger charge is -2.18. The predicted octanol–water partition coefficient (Wildman–Crippen LogP) is 6.40. The van der Waals surface area contributed by atoms with E-state index in [2.05, 4.69) is 56.5 Å². The molecule has 5 rings (SSSR count). The first kappa shape index (κ1) is 28.0. The second kappa shape index (κ2) is 11.9. The highest BCUT2D eigenvalue weighted by Gasteiger charge is 2.23. The summed E-state index contributed by atoms with van der Waals surface area (Å²) in [6.45, 7) is 10.6. The van der Waals surface area contributed by atoms with Crippen molar-refractivity contribution in [2.75, 3.05) is 5.32 Å². The van der Waals surface area contributed by atoms with E-state index in [4.69, 9.17) is 9.72 Å². The number of nitrogens with zero attached hydrogens (tertiary/aromatic N) is 5. The topological polar surface area (TPSA) is 111 Å². The maximum absolute atomic E-state index is 12.7. The number of aromatic amines is 1. The molecule has 0 aliphatic carbocycles. The minimum atomic E-state index is -0.483. The van der Waals surface area contributed by atoms with Crippen LogP contribution in [0.15, 0.2) is 66.7 Å². The lowest BCUT2D eigenvalue weighted by atomic mass is 9.95. The van der Waals surface area contributed by atoms with E-state index >= 15 is 0 Å². The fraction of sp³-hybridized carbons (Fsp3) is 0.344. The van der Waals surface area contributed by atoms with E-state index < -0.39 is 11.5 Å². The van der Waals surface area contributed by atoms with Gasteiger partial charge in [-0.25, -0.2) is 10.1 Å². The molecule has 5 aromatic rings. The van der Waals surface area contributed by atoms with E-state index in [-0.39, 0.29) is 5.91 Å². The molecule has 0 saturated heterocycles. The van der Waals surface area contributed by atoms with Gasteiger partial charge in [-0.1, -0.05) is 76.6 Å². The van der Waals surface area contributed by atoms with Gasteiger partial charge in [0.15, 0.2) is 11.9 Å². The van der Waals surface area contributed by atoms with Gasteiger partial charge < -0.3 is 14.6 Å². The van der Waals surface area contributed by atoms with Gasteiger partial charge in [-0.05, 0) is 59.2 Å². The highest BCUT2D eigenvalue weighted by atomic mass is 16.5. The molecule has 0 spiro atoms. The van der Waals surface area contributed by atoms with Gasteiger partial charge >= 0.3 is 0 Å². The first-order chi connectivity index (χ1) is 19.7. The van der Waals surface area contributed by atoms with Crippen LogP contribution in [0.25, 0.3) is 11.0 Å². The number of imidazole rings is 1. The molecule has 2 aromatic heterocycles. The predicted molar refractivity (Wildman–Crippen MR) is 160 cm³/mol. The van der Waals surface area contributed by atoms with Crippen LogP contribution in [-0.2, 0) is 17.8 Å². The van der Waals surface area contributed by atoms with Gasteiger partial charge in [-0.2, -0.15) is 0 Å². The first-order valence-corrected chi connectivity index (χ1v) is 14.1. The Hall–Kier alpha value is -4.53. The molecule has 41 heavy (non-hydrogen) atoms. The van der Waals surface area contributed by atoms with Crippen LogP contribution >= 0.6 is 0 Å². The summed E-state index contributed by atoms with van der Waals surface area (Å²) in [5, 5.41) is 17.5. The van der Waals surface area contributed by atoms with Crippen LogP contribution in [0, 0.1) is 12.3 Å². The zero-order valence-electron chi connectivity index (χ0n) is 24.3. The van der Waals surface area contributed by atoms with Crippen molar-refractivity contribution < 1.29 is 9.53 Å². The standard InChI is InChI=1S/C32H37N7O2/c1-6-7-13-27-34-28-21(2)18-24(33-31(40)32(3,4)5)19-26(28)39(27)20-22-14-16-25(17-15-22)41-29(30-35-37-38-36-30)23-11-9-8-10-12-23/h8-12,14-19,29H,6-7,13,20H2,1-5H3,(H,33,40)(H,35,36,37,38). The van der Waals surface area contributed by atoms with Crippen LogP contribution in [0.5, 0.6) is 5.75 Å². The summed E-state index contributed by atoms with van der Waals surface area (Å²) in [5.41, 5.74) is 5.40. The summed E-state index contributed by atoms with van der Waals surface area (Å²) < 4.78 is 8.62. The second-order valence-electron chi connectivity index (χ2n) is 11.4. The zero-order valence-corrected chi connectivity index (χ0v) is 24.3. The molecule has 0 aliphatic rings. The third-order valence-electron chi connectivity index (χ3n) is 7.05. The van der Waals surface area contributed by atoms with Gasteiger partial charge in [0.25, 0.3) is 0 Å². The van der Waals surface area contributed by atoms with Crippen LogP contribution in [-0.4, -0.2) is 36.1 Å². The summed E-state index contributed by atoms with van der Waals surface area (Å²) in [4.78, 5) is 17.8. The van der Waals surface area contributed by atoms with Crippen LogP contribution < -0.4 is 10.1 Å². The normalized spacial score (nSPS) is 12.4. The largest absolute Gasteiger partial charge is 0.478 e. The number of hydrogen-bond acceptors (Lipinski definition) is 6. The molecule has 2 N–H and O–H groups in total. The number of benzene rings is 3. The number of ether oxygens (including phenoxy) is 1. The monoisotopic (exact) mass is 551 g/mol. The molecule has 1 amide bonds. The first-order valence-electron chi connectivity index (χ1n) is 14.1. The molecule has 1 atom stereocenters. The lowest BCUT2D eigenvalue weighted by Crippen LogP contribution is -2.27. The maximum Gasteiger partial charge on any atom is 0.229 e. The highest BCUT2D eigenvalue weighted by Crippen LogP contribution is 2.29. The molecule has 9 heteroatoms. The van der Waals surface area contributed by atoms with Crippen LogP contribution in [0.2, 0.25) is 0 Å². The Morgan fingerprint density at radius 1 is 1.07 bits per heavy atom. The number of carbonyl (C=O) groups excluding carboxylic acids is 1. The molecule has 9 nitrogen and oxygen atoms in total. The number of aryl methyl sites for hydroxylation is 2. The number of carbonyl (C=O) groups is 1. The number of tetrazole rings is 1. The van der Waals surface area contributed by atoms with Crippen molar-refractivity contribution in [1.29, 1.82) is 0 Å². The second-order valence-corrected chi connectivity index (χ2v) is 11.4. The Morgan fingerprint density at radius 3 is 2.49 bits per heavy atom. The Bertz CT molecular complexity index is 1600. The molecule has 0 saturated carbocycles. The molecule has 0 fully saturated rings. The van der Waals surface area contributed by atoms with Crippen LogP contribution in [0.3, 0.4) is 0 Å². The van der Waals surface area contributed by atoms with Gasteiger partial charge in [0, 0.05) is 29.6 Å². The molecular weight excluding hydrogens is 514 g/mol. The van der Waals surface area contributed by atoms with Gasteiger partial charge in [0.1, 0.15) is 11.6 Å². The van der Waals surface area contributed by atoms with Crippen molar-refractivity contribution in [2.45, 2.75) is 66.5 Å². The fourth-order valence-electron chi connectivity index (χ4n) is 4.71. The van der Waals surface area contributed by atoms with E-state index in [9.17, 15) is 4.79 Å². The molecule has 0 aliphatic heterocycles. The molecule has 0 radical (unpaired) electrons. The summed E-state index contributed by atoms with van der Waals surface area (Å²) >= 11 is 0. The van der Waals surface area contributed by atoms with E-state index in [0.717, 1.165) is 58.5 Å². The van der Waals surface area contributed by atoms with E-state index in [0.29, 0.717) is 18.1 Å². The zero-order chi connectivity index (χ0) is 29.0. The van der Waals surface area contributed by atoms with Gasteiger partial charge in [-0.3, -0.25) is 4.79 Å². The molecule has 3 aromatic carbocycles. The minimum absolute atomic E-state index is 0.0148.